The first-order valence-electron chi connectivity index (χ1n) is 2.55. The Bertz CT molecular complexity index is 321. The van der Waals surface area contributed by atoms with E-state index in [0.717, 1.165) is 10.2 Å². The van der Waals surface area contributed by atoms with Gasteiger partial charge in [-0.1, -0.05) is 0 Å². The maximum absolute atomic E-state index is 5.51. The predicted molar refractivity (Wildman–Crippen MR) is 38.4 cm³/mol. The van der Waals surface area contributed by atoms with E-state index in [0.29, 0.717) is 5.82 Å². The summed E-state index contributed by atoms with van der Waals surface area (Å²) in [4.78, 5) is 0. The Labute approximate surface area is 55.5 Å². The monoisotopic (exact) mass is 139 g/mol. The number of nitrogens with two attached hydrogens (primary N) is 1. The van der Waals surface area contributed by atoms with Gasteiger partial charge >= 0.3 is 0 Å². The summed E-state index contributed by atoms with van der Waals surface area (Å²) in [7, 11) is 0. The molecular formula is C5H5N3S. The molecule has 0 fully saturated rings. The molecule has 3 nitrogen and oxygen atoms in total. The number of hydrogen-bond donors (Lipinski definition) is 2. The molecule has 2 aromatic rings. The van der Waals surface area contributed by atoms with Gasteiger partial charge in [0.15, 0.2) is 0 Å². The van der Waals surface area contributed by atoms with Gasteiger partial charge in [-0.25, -0.2) is 0 Å². The molecule has 2 rings (SSSR count). The fraction of sp³-hybridized carbons (Fsp3) is 0. The highest BCUT2D eigenvalue weighted by Crippen LogP contribution is 2.22. The van der Waals surface area contributed by atoms with Crippen molar-refractivity contribution in [2.45, 2.75) is 0 Å². The Hall–Kier alpha value is -1.03. The van der Waals surface area contributed by atoms with E-state index >= 15 is 0 Å². The van der Waals surface area contributed by atoms with Gasteiger partial charge in [0, 0.05) is 0 Å². The highest BCUT2D eigenvalue weighted by molar-refractivity contribution is 7.17. The van der Waals surface area contributed by atoms with E-state index in [9.17, 15) is 0 Å². The molecule has 0 saturated heterocycles. The molecule has 0 spiro atoms. The summed E-state index contributed by atoms with van der Waals surface area (Å²) in [6.07, 6.45) is 0. The number of H-pyrrole nitrogens is 1. The Balaban J connectivity index is 2.99. The number of rotatable bonds is 0. The van der Waals surface area contributed by atoms with Crippen molar-refractivity contribution < 1.29 is 0 Å². The molecule has 2 aromatic heterocycles. The van der Waals surface area contributed by atoms with Crippen molar-refractivity contribution >= 4 is 27.4 Å². The van der Waals surface area contributed by atoms with Crippen molar-refractivity contribution in [3.63, 3.8) is 0 Å². The summed E-state index contributed by atoms with van der Waals surface area (Å²) >= 11 is 1.60. The van der Waals surface area contributed by atoms with Gasteiger partial charge in [0.25, 0.3) is 0 Å². The number of anilines is 1. The van der Waals surface area contributed by atoms with Crippen molar-refractivity contribution in [2.24, 2.45) is 0 Å². The van der Waals surface area contributed by atoms with Crippen LogP contribution in [0.4, 0.5) is 5.82 Å². The summed E-state index contributed by atoms with van der Waals surface area (Å²) in [5.74, 6) is 0.667. The summed E-state index contributed by atoms with van der Waals surface area (Å²) in [5.41, 5.74) is 6.47. The van der Waals surface area contributed by atoms with Crippen LogP contribution in [0.15, 0.2) is 11.4 Å². The van der Waals surface area contributed by atoms with Gasteiger partial charge < -0.3 is 5.73 Å². The van der Waals surface area contributed by atoms with Gasteiger partial charge in [0.1, 0.15) is 11.3 Å². The van der Waals surface area contributed by atoms with Crippen LogP contribution < -0.4 is 5.73 Å². The molecule has 0 unspecified atom stereocenters. The molecule has 9 heavy (non-hydrogen) atoms. The second-order valence-corrected chi connectivity index (χ2v) is 2.69. The number of fused-ring (bicyclic) bond motifs is 1. The van der Waals surface area contributed by atoms with Gasteiger partial charge in [-0.05, 0) is 11.4 Å². The normalized spacial score (nSPS) is 10.7. The van der Waals surface area contributed by atoms with Crippen molar-refractivity contribution in [1.82, 2.24) is 10.2 Å². The van der Waals surface area contributed by atoms with Gasteiger partial charge in [-0.3, -0.25) is 5.10 Å². The standard InChI is InChI=1S/C5H5N3S/c6-5-4-3(7-8-5)1-2-9-4/h1-2H,(H3,6,7,8). The van der Waals surface area contributed by atoms with Crippen LogP contribution in [0.5, 0.6) is 0 Å². The smallest absolute Gasteiger partial charge is 0.137 e. The van der Waals surface area contributed by atoms with E-state index < -0.39 is 0 Å². The minimum Gasteiger partial charge on any atom is -0.383 e. The third-order valence-electron chi connectivity index (χ3n) is 1.19. The molecule has 46 valence electrons. The Kier molecular flexibility index (Phi) is 0.790. The quantitative estimate of drug-likeness (QED) is 0.576. The van der Waals surface area contributed by atoms with Crippen LogP contribution in [0, 0.1) is 0 Å². The van der Waals surface area contributed by atoms with Crippen LogP contribution in [0.3, 0.4) is 0 Å². The Morgan fingerprint density at radius 3 is 3.33 bits per heavy atom. The van der Waals surface area contributed by atoms with Gasteiger partial charge in [0.05, 0.1) is 4.70 Å². The number of thiophene rings is 1. The number of aromatic amines is 1. The number of nitrogen functional groups attached to an aromatic ring is 1. The zero-order valence-corrected chi connectivity index (χ0v) is 5.40. The molecule has 0 aliphatic rings. The fourth-order valence-corrected chi connectivity index (χ4v) is 1.50. The molecule has 0 radical (unpaired) electrons. The molecular weight excluding hydrogens is 134 g/mol. The molecule has 0 aliphatic carbocycles. The molecule has 0 aromatic carbocycles. The number of nitrogens with zero attached hydrogens (tertiary/aromatic N) is 1. The van der Waals surface area contributed by atoms with E-state index in [-0.39, 0.29) is 0 Å². The summed E-state index contributed by atoms with van der Waals surface area (Å²) in [6.45, 7) is 0. The van der Waals surface area contributed by atoms with Crippen LogP contribution in [-0.4, -0.2) is 10.2 Å². The van der Waals surface area contributed by atoms with Crippen LogP contribution >= 0.6 is 11.3 Å². The summed E-state index contributed by atoms with van der Waals surface area (Å²) in [6, 6.07) is 1.94. The minimum absolute atomic E-state index is 0.667. The molecule has 0 bridgehead atoms. The maximum Gasteiger partial charge on any atom is 0.137 e. The minimum atomic E-state index is 0.667. The SMILES string of the molecule is Nc1[nH]nc2ccsc12. The number of hydrogen-bond acceptors (Lipinski definition) is 3. The van der Waals surface area contributed by atoms with Gasteiger partial charge in [-0.15, -0.1) is 11.3 Å². The molecule has 3 N–H and O–H groups in total. The van der Waals surface area contributed by atoms with E-state index in [1.54, 1.807) is 11.3 Å². The van der Waals surface area contributed by atoms with Gasteiger partial charge in [-0.2, -0.15) is 5.10 Å². The van der Waals surface area contributed by atoms with Crippen LogP contribution in [0.2, 0.25) is 0 Å². The first-order valence-corrected chi connectivity index (χ1v) is 3.43. The predicted octanol–water partition coefficient (Wildman–Crippen LogP) is 1.21. The lowest BCUT2D eigenvalue weighted by Gasteiger charge is -1.76. The molecule has 0 saturated carbocycles. The largest absolute Gasteiger partial charge is 0.383 e. The Morgan fingerprint density at radius 2 is 2.56 bits per heavy atom. The fourth-order valence-electron chi connectivity index (χ4n) is 0.763. The van der Waals surface area contributed by atoms with Crippen molar-refractivity contribution in [2.75, 3.05) is 5.73 Å². The Morgan fingerprint density at radius 1 is 1.67 bits per heavy atom. The molecule has 4 heteroatoms. The molecule has 2 heterocycles. The van der Waals surface area contributed by atoms with E-state index in [1.165, 1.54) is 0 Å². The summed E-state index contributed by atoms with van der Waals surface area (Å²) < 4.78 is 1.05. The highest BCUT2D eigenvalue weighted by Gasteiger charge is 1.99. The molecule has 0 aliphatic heterocycles. The highest BCUT2D eigenvalue weighted by atomic mass is 32.1. The second-order valence-electron chi connectivity index (χ2n) is 1.77. The lowest BCUT2D eigenvalue weighted by molar-refractivity contribution is 1.13. The lowest BCUT2D eigenvalue weighted by Crippen LogP contribution is -1.82. The van der Waals surface area contributed by atoms with Crippen LogP contribution in [0.25, 0.3) is 10.2 Å². The molecule has 0 atom stereocenters. The first kappa shape index (κ1) is 4.81. The van der Waals surface area contributed by atoms with Crippen molar-refractivity contribution in [3.05, 3.63) is 11.4 Å². The zero-order chi connectivity index (χ0) is 6.27. The lowest BCUT2D eigenvalue weighted by atomic mass is 10.5. The summed E-state index contributed by atoms with van der Waals surface area (Å²) in [5, 5.41) is 8.61. The van der Waals surface area contributed by atoms with Crippen molar-refractivity contribution in [3.8, 4) is 0 Å². The number of nitrogens with one attached hydrogen (secondary N) is 1. The average Bonchev–Trinajstić information content (AvgIpc) is 2.35. The zero-order valence-electron chi connectivity index (χ0n) is 4.59. The average molecular weight is 139 g/mol. The van der Waals surface area contributed by atoms with Crippen LogP contribution in [0.1, 0.15) is 0 Å². The van der Waals surface area contributed by atoms with Crippen LogP contribution in [-0.2, 0) is 0 Å². The number of aromatic nitrogens is 2. The maximum atomic E-state index is 5.51. The second kappa shape index (κ2) is 1.48. The van der Waals surface area contributed by atoms with E-state index in [4.69, 9.17) is 5.73 Å². The third-order valence-corrected chi connectivity index (χ3v) is 2.12. The molecule has 0 amide bonds. The topological polar surface area (TPSA) is 54.7 Å². The van der Waals surface area contributed by atoms with Gasteiger partial charge in [0.2, 0.25) is 0 Å². The third kappa shape index (κ3) is 0.533. The van der Waals surface area contributed by atoms with Crippen molar-refractivity contribution in [1.29, 1.82) is 0 Å². The van der Waals surface area contributed by atoms with E-state index in [1.807, 2.05) is 11.4 Å². The van der Waals surface area contributed by atoms with E-state index in [2.05, 4.69) is 10.2 Å². The first-order chi connectivity index (χ1) is 4.38.